The van der Waals surface area contributed by atoms with Crippen molar-refractivity contribution in [2.75, 3.05) is 18.9 Å². The van der Waals surface area contributed by atoms with Crippen molar-refractivity contribution < 1.29 is 14.3 Å². The molecule has 114 valence electrons. The number of carbonyl (C=O) groups is 2. The molecule has 0 aliphatic carbocycles. The Morgan fingerprint density at radius 2 is 2.14 bits per heavy atom. The molecule has 21 heavy (non-hydrogen) atoms. The number of likely N-dealkylation sites (tertiary alicyclic amines) is 1. The standard InChI is InChI=1S/C16H21NO3S/c1-3-20-16(19)13-8-6-10-17(13)15(18)11-21-14-9-5-4-7-12(14)2/h4-5,7,9,13H,3,6,8,10-11H2,1-2H3. The monoisotopic (exact) mass is 307 g/mol. The molecule has 1 atom stereocenters. The number of ether oxygens (including phenoxy) is 1. The Labute approximate surface area is 129 Å². The zero-order valence-electron chi connectivity index (χ0n) is 12.5. The van der Waals surface area contributed by atoms with Gasteiger partial charge in [-0.15, -0.1) is 11.8 Å². The number of nitrogens with zero attached hydrogens (tertiary/aromatic N) is 1. The van der Waals surface area contributed by atoms with Crippen LogP contribution in [0, 0.1) is 6.92 Å². The lowest BCUT2D eigenvalue weighted by atomic mass is 10.2. The van der Waals surface area contributed by atoms with Crippen molar-refractivity contribution in [2.45, 2.75) is 37.6 Å². The van der Waals surface area contributed by atoms with Crippen molar-refractivity contribution >= 4 is 23.6 Å². The summed E-state index contributed by atoms with van der Waals surface area (Å²) in [6.45, 7) is 4.82. The molecule has 1 aliphatic heterocycles. The fraction of sp³-hybridized carbons (Fsp3) is 0.500. The largest absolute Gasteiger partial charge is 0.464 e. The minimum atomic E-state index is -0.394. The van der Waals surface area contributed by atoms with E-state index in [2.05, 4.69) is 0 Å². The molecule has 0 bridgehead atoms. The van der Waals surface area contributed by atoms with Gasteiger partial charge in [-0.25, -0.2) is 4.79 Å². The predicted molar refractivity (Wildman–Crippen MR) is 83.3 cm³/mol. The number of rotatable bonds is 5. The lowest BCUT2D eigenvalue weighted by Crippen LogP contribution is -2.42. The number of hydrogen-bond donors (Lipinski definition) is 0. The molecule has 1 aromatic carbocycles. The molecule has 4 nitrogen and oxygen atoms in total. The SMILES string of the molecule is CCOC(=O)C1CCCN1C(=O)CSc1ccccc1C. The Morgan fingerprint density at radius 3 is 2.86 bits per heavy atom. The Kier molecular flexibility index (Phi) is 5.67. The molecular formula is C16H21NO3S. The maximum absolute atomic E-state index is 12.3. The summed E-state index contributed by atoms with van der Waals surface area (Å²) in [6.07, 6.45) is 1.57. The Bertz CT molecular complexity index is 518. The van der Waals surface area contributed by atoms with Gasteiger partial charge in [-0.05, 0) is 38.3 Å². The number of carbonyl (C=O) groups excluding carboxylic acids is 2. The molecular weight excluding hydrogens is 286 g/mol. The minimum Gasteiger partial charge on any atom is -0.464 e. The van der Waals surface area contributed by atoms with Crippen LogP contribution in [-0.2, 0) is 14.3 Å². The molecule has 2 rings (SSSR count). The Hall–Kier alpha value is -1.49. The van der Waals surface area contributed by atoms with Crippen LogP contribution in [0.5, 0.6) is 0 Å². The highest BCUT2D eigenvalue weighted by Crippen LogP contribution is 2.25. The number of esters is 1. The summed E-state index contributed by atoms with van der Waals surface area (Å²) in [5.41, 5.74) is 1.17. The fourth-order valence-electron chi connectivity index (χ4n) is 2.49. The average Bonchev–Trinajstić information content (AvgIpc) is 2.96. The van der Waals surface area contributed by atoms with Gasteiger partial charge in [0, 0.05) is 11.4 Å². The number of thioether (sulfide) groups is 1. The van der Waals surface area contributed by atoms with Gasteiger partial charge in [0.15, 0.2) is 0 Å². The number of aryl methyl sites for hydroxylation is 1. The van der Waals surface area contributed by atoms with E-state index in [1.54, 1.807) is 11.8 Å². The van der Waals surface area contributed by atoms with Crippen molar-refractivity contribution in [3.63, 3.8) is 0 Å². The highest BCUT2D eigenvalue weighted by atomic mass is 32.2. The molecule has 1 aliphatic rings. The molecule has 1 unspecified atom stereocenters. The molecule has 1 fully saturated rings. The lowest BCUT2D eigenvalue weighted by molar-refractivity contribution is -0.152. The first-order valence-corrected chi connectivity index (χ1v) is 8.26. The van der Waals surface area contributed by atoms with E-state index in [0.717, 1.165) is 11.3 Å². The smallest absolute Gasteiger partial charge is 0.328 e. The van der Waals surface area contributed by atoms with Gasteiger partial charge in [0.25, 0.3) is 0 Å². The normalized spacial score (nSPS) is 17.8. The maximum Gasteiger partial charge on any atom is 0.328 e. The van der Waals surface area contributed by atoms with E-state index in [0.29, 0.717) is 25.3 Å². The van der Waals surface area contributed by atoms with Crippen LogP contribution in [0.2, 0.25) is 0 Å². The molecule has 0 saturated carbocycles. The highest BCUT2D eigenvalue weighted by Gasteiger charge is 2.34. The molecule has 1 amide bonds. The molecule has 1 aromatic rings. The Balaban J connectivity index is 1.93. The average molecular weight is 307 g/mol. The van der Waals surface area contributed by atoms with Crippen LogP contribution >= 0.6 is 11.8 Å². The third-order valence-corrected chi connectivity index (χ3v) is 4.74. The van der Waals surface area contributed by atoms with Gasteiger partial charge in [-0.2, -0.15) is 0 Å². The summed E-state index contributed by atoms with van der Waals surface area (Å²) in [7, 11) is 0. The third kappa shape index (κ3) is 4.00. The van der Waals surface area contributed by atoms with Crippen LogP contribution < -0.4 is 0 Å². The molecule has 0 aromatic heterocycles. The van der Waals surface area contributed by atoms with Crippen molar-refractivity contribution in [1.82, 2.24) is 4.90 Å². The molecule has 0 spiro atoms. The van der Waals surface area contributed by atoms with Crippen molar-refractivity contribution in [2.24, 2.45) is 0 Å². The van der Waals surface area contributed by atoms with Crippen LogP contribution in [0.1, 0.15) is 25.3 Å². The highest BCUT2D eigenvalue weighted by molar-refractivity contribution is 8.00. The summed E-state index contributed by atoms with van der Waals surface area (Å²) in [6, 6.07) is 7.61. The van der Waals surface area contributed by atoms with Gasteiger partial charge >= 0.3 is 5.97 Å². The zero-order valence-corrected chi connectivity index (χ0v) is 13.3. The summed E-state index contributed by atoms with van der Waals surface area (Å²) in [4.78, 5) is 27.0. The van der Waals surface area contributed by atoms with Gasteiger partial charge in [0.1, 0.15) is 6.04 Å². The summed E-state index contributed by atoms with van der Waals surface area (Å²) < 4.78 is 5.05. The number of hydrogen-bond acceptors (Lipinski definition) is 4. The van der Waals surface area contributed by atoms with Gasteiger partial charge in [-0.1, -0.05) is 18.2 Å². The van der Waals surface area contributed by atoms with Crippen LogP contribution in [0.25, 0.3) is 0 Å². The van der Waals surface area contributed by atoms with Gasteiger partial charge < -0.3 is 9.64 Å². The summed E-state index contributed by atoms with van der Waals surface area (Å²) in [5.74, 6) is 0.101. The van der Waals surface area contributed by atoms with Crippen molar-refractivity contribution in [1.29, 1.82) is 0 Å². The molecule has 1 saturated heterocycles. The molecule has 0 radical (unpaired) electrons. The van der Waals surface area contributed by atoms with E-state index >= 15 is 0 Å². The first kappa shape index (κ1) is 15.9. The second-order valence-corrected chi connectivity index (χ2v) is 6.07. The first-order chi connectivity index (χ1) is 10.1. The number of amides is 1. The lowest BCUT2D eigenvalue weighted by Gasteiger charge is -2.23. The van der Waals surface area contributed by atoms with E-state index in [1.165, 1.54) is 17.3 Å². The molecule has 5 heteroatoms. The van der Waals surface area contributed by atoms with Gasteiger partial charge in [-0.3, -0.25) is 4.79 Å². The molecule has 0 N–H and O–H groups in total. The van der Waals surface area contributed by atoms with Crippen LogP contribution in [0.3, 0.4) is 0 Å². The quantitative estimate of drug-likeness (QED) is 0.620. The summed E-state index contributed by atoms with van der Waals surface area (Å²) >= 11 is 1.53. The second-order valence-electron chi connectivity index (χ2n) is 5.05. The zero-order chi connectivity index (χ0) is 15.2. The van der Waals surface area contributed by atoms with Crippen LogP contribution in [0.4, 0.5) is 0 Å². The third-order valence-electron chi connectivity index (χ3n) is 3.58. The van der Waals surface area contributed by atoms with E-state index in [9.17, 15) is 9.59 Å². The second kappa shape index (κ2) is 7.50. The van der Waals surface area contributed by atoms with Gasteiger partial charge in [0.05, 0.1) is 12.4 Å². The molecule has 1 heterocycles. The van der Waals surface area contributed by atoms with Crippen LogP contribution in [0.15, 0.2) is 29.2 Å². The van der Waals surface area contributed by atoms with Crippen molar-refractivity contribution in [3.05, 3.63) is 29.8 Å². The predicted octanol–water partition coefficient (Wildman–Crippen LogP) is 2.64. The van der Waals surface area contributed by atoms with E-state index in [4.69, 9.17) is 4.74 Å². The van der Waals surface area contributed by atoms with E-state index in [1.807, 2.05) is 31.2 Å². The van der Waals surface area contributed by atoms with Crippen molar-refractivity contribution in [3.8, 4) is 0 Å². The Morgan fingerprint density at radius 1 is 1.38 bits per heavy atom. The maximum atomic E-state index is 12.3. The first-order valence-electron chi connectivity index (χ1n) is 7.28. The van der Waals surface area contributed by atoms with Gasteiger partial charge in [0.2, 0.25) is 5.91 Å². The van der Waals surface area contributed by atoms with Crippen LogP contribution in [-0.4, -0.2) is 41.7 Å². The number of benzene rings is 1. The fourth-order valence-corrected chi connectivity index (χ4v) is 3.40. The topological polar surface area (TPSA) is 46.6 Å². The van der Waals surface area contributed by atoms with E-state index < -0.39 is 6.04 Å². The minimum absolute atomic E-state index is 0.0128. The van der Waals surface area contributed by atoms with E-state index in [-0.39, 0.29) is 11.9 Å². The summed E-state index contributed by atoms with van der Waals surface area (Å²) in [5, 5.41) is 0.